The Bertz CT molecular complexity index is 367. The standard InChI is InChI=1S/C13H20N2O3/c14-12(16)10-7-1-2-8(5-7)11(10)13(17)15-4-3-9-6-18-9/h7-11H,1-6H2,(H2,14,16)(H,15,17). The van der Waals surface area contributed by atoms with Gasteiger partial charge in [-0.3, -0.25) is 9.59 Å². The monoisotopic (exact) mass is 252 g/mol. The van der Waals surface area contributed by atoms with Crippen molar-refractivity contribution in [3.05, 3.63) is 0 Å². The summed E-state index contributed by atoms with van der Waals surface area (Å²) in [6.07, 6.45) is 4.32. The number of fused-ring (bicyclic) bond motifs is 2. The molecule has 5 heteroatoms. The first-order chi connectivity index (χ1) is 8.66. The minimum atomic E-state index is -0.298. The SMILES string of the molecule is NC(=O)C1C2CCC(C2)C1C(=O)NCCC1CO1. The number of primary amides is 1. The third-order valence-electron chi connectivity index (χ3n) is 4.72. The van der Waals surface area contributed by atoms with E-state index >= 15 is 0 Å². The highest BCUT2D eigenvalue weighted by molar-refractivity contribution is 5.88. The lowest BCUT2D eigenvalue weighted by atomic mass is 9.78. The van der Waals surface area contributed by atoms with E-state index in [0.717, 1.165) is 32.3 Å². The van der Waals surface area contributed by atoms with Crippen molar-refractivity contribution in [2.45, 2.75) is 31.8 Å². The third-order valence-corrected chi connectivity index (χ3v) is 4.72. The van der Waals surface area contributed by atoms with Gasteiger partial charge >= 0.3 is 0 Å². The predicted octanol–water partition coefficient (Wildman–Crippen LogP) is 0.0391. The van der Waals surface area contributed by atoms with Crippen molar-refractivity contribution < 1.29 is 14.3 Å². The van der Waals surface area contributed by atoms with Crippen LogP contribution in [0.25, 0.3) is 0 Å². The van der Waals surface area contributed by atoms with Crippen molar-refractivity contribution in [1.82, 2.24) is 5.32 Å². The number of nitrogens with one attached hydrogen (secondary N) is 1. The lowest BCUT2D eigenvalue weighted by Crippen LogP contribution is -2.43. The van der Waals surface area contributed by atoms with Gasteiger partial charge in [0.15, 0.2) is 0 Å². The summed E-state index contributed by atoms with van der Waals surface area (Å²) in [5, 5.41) is 2.94. The molecule has 0 aromatic rings. The summed E-state index contributed by atoms with van der Waals surface area (Å²) >= 11 is 0. The highest BCUT2D eigenvalue weighted by Gasteiger charge is 2.53. The number of amides is 2. The minimum Gasteiger partial charge on any atom is -0.373 e. The van der Waals surface area contributed by atoms with Gasteiger partial charge in [-0.15, -0.1) is 0 Å². The Morgan fingerprint density at radius 3 is 2.50 bits per heavy atom. The molecule has 0 aromatic carbocycles. The second kappa shape index (κ2) is 4.53. The topological polar surface area (TPSA) is 84.7 Å². The summed E-state index contributed by atoms with van der Waals surface area (Å²) in [5.41, 5.74) is 5.46. The number of rotatable bonds is 5. The Kier molecular flexibility index (Phi) is 3.01. The Morgan fingerprint density at radius 1 is 1.22 bits per heavy atom. The second-order valence-corrected chi connectivity index (χ2v) is 5.82. The van der Waals surface area contributed by atoms with Crippen LogP contribution in [0.1, 0.15) is 25.7 Å². The van der Waals surface area contributed by atoms with E-state index in [1.807, 2.05) is 0 Å². The van der Waals surface area contributed by atoms with E-state index < -0.39 is 0 Å². The molecular weight excluding hydrogens is 232 g/mol. The fourth-order valence-corrected chi connectivity index (χ4v) is 3.79. The van der Waals surface area contributed by atoms with Gasteiger partial charge in [0.25, 0.3) is 0 Å². The van der Waals surface area contributed by atoms with E-state index in [0.29, 0.717) is 24.5 Å². The maximum atomic E-state index is 12.2. The van der Waals surface area contributed by atoms with Crippen LogP contribution in [0.15, 0.2) is 0 Å². The number of epoxide rings is 1. The average molecular weight is 252 g/mol. The van der Waals surface area contributed by atoms with Crippen LogP contribution in [0, 0.1) is 23.7 Å². The lowest BCUT2D eigenvalue weighted by Gasteiger charge is -2.27. The maximum Gasteiger partial charge on any atom is 0.224 e. The lowest BCUT2D eigenvalue weighted by molar-refractivity contribution is -0.135. The molecule has 100 valence electrons. The molecule has 2 amide bonds. The van der Waals surface area contributed by atoms with Crippen molar-refractivity contribution >= 4 is 11.8 Å². The van der Waals surface area contributed by atoms with E-state index in [4.69, 9.17) is 10.5 Å². The molecule has 3 aliphatic rings. The smallest absolute Gasteiger partial charge is 0.224 e. The highest BCUT2D eigenvalue weighted by Crippen LogP contribution is 2.52. The minimum absolute atomic E-state index is 0.0200. The quantitative estimate of drug-likeness (QED) is 0.677. The maximum absolute atomic E-state index is 12.2. The fraction of sp³-hybridized carbons (Fsp3) is 0.846. The molecule has 3 fully saturated rings. The van der Waals surface area contributed by atoms with Crippen LogP contribution in [0.2, 0.25) is 0 Å². The normalized spacial score (nSPS) is 40.8. The van der Waals surface area contributed by atoms with Crippen molar-refractivity contribution in [3.63, 3.8) is 0 Å². The van der Waals surface area contributed by atoms with E-state index in [1.54, 1.807) is 0 Å². The van der Waals surface area contributed by atoms with Crippen LogP contribution < -0.4 is 11.1 Å². The van der Waals surface area contributed by atoms with Crippen LogP contribution in [-0.4, -0.2) is 31.1 Å². The first kappa shape index (κ1) is 12.0. The van der Waals surface area contributed by atoms with Crippen LogP contribution >= 0.6 is 0 Å². The molecule has 1 aliphatic heterocycles. The van der Waals surface area contributed by atoms with Gasteiger partial charge in [-0.2, -0.15) is 0 Å². The molecule has 3 rings (SSSR count). The summed E-state index contributed by atoms with van der Waals surface area (Å²) in [4.78, 5) is 23.7. The molecule has 18 heavy (non-hydrogen) atoms. The van der Waals surface area contributed by atoms with Crippen LogP contribution in [0.5, 0.6) is 0 Å². The van der Waals surface area contributed by atoms with E-state index in [2.05, 4.69) is 5.32 Å². The summed E-state index contributed by atoms with van der Waals surface area (Å²) in [6.45, 7) is 1.46. The summed E-state index contributed by atoms with van der Waals surface area (Å²) < 4.78 is 5.10. The first-order valence-corrected chi connectivity index (χ1v) is 6.85. The first-order valence-electron chi connectivity index (χ1n) is 6.85. The second-order valence-electron chi connectivity index (χ2n) is 5.82. The van der Waals surface area contributed by atoms with E-state index in [1.165, 1.54) is 0 Å². The summed E-state index contributed by atoms with van der Waals surface area (Å²) in [7, 11) is 0. The van der Waals surface area contributed by atoms with Gasteiger partial charge in [0.1, 0.15) is 0 Å². The van der Waals surface area contributed by atoms with Gasteiger partial charge in [-0.1, -0.05) is 0 Å². The number of nitrogens with two attached hydrogens (primary N) is 1. The zero-order chi connectivity index (χ0) is 12.7. The van der Waals surface area contributed by atoms with Crippen LogP contribution in [0.4, 0.5) is 0 Å². The molecule has 5 nitrogen and oxygen atoms in total. The Balaban J connectivity index is 1.58. The summed E-state index contributed by atoms with van der Waals surface area (Å²) in [6, 6.07) is 0. The highest BCUT2D eigenvalue weighted by atomic mass is 16.6. The van der Waals surface area contributed by atoms with Crippen molar-refractivity contribution in [1.29, 1.82) is 0 Å². The molecule has 0 radical (unpaired) electrons. The summed E-state index contributed by atoms with van der Waals surface area (Å²) in [5.74, 6) is 0.0153. The third kappa shape index (κ3) is 2.11. The molecule has 5 atom stereocenters. The Hall–Kier alpha value is -1.10. The largest absolute Gasteiger partial charge is 0.373 e. The van der Waals surface area contributed by atoms with Gasteiger partial charge in [-0.05, 0) is 37.5 Å². The fourth-order valence-electron chi connectivity index (χ4n) is 3.79. The van der Waals surface area contributed by atoms with Gasteiger partial charge in [0.2, 0.25) is 11.8 Å². The van der Waals surface area contributed by atoms with Crippen molar-refractivity contribution in [3.8, 4) is 0 Å². The molecule has 5 unspecified atom stereocenters. The van der Waals surface area contributed by atoms with E-state index in [-0.39, 0.29) is 23.7 Å². The van der Waals surface area contributed by atoms with Crippen LogP contribution in [0.3, 0.4) is 0 Å². The number of hydrogen-bond acceptors (Lipinski definition) is 3. The molecule has 2 aliphatic carbocycles. The molecule has 2 saturated carbocycles. The van der Waals surface area contributed by atoms with Gasteiger partial charge in [0.05, 0.1) is 24.5 Å². The van der Waals surface area contributed by atoms with Gasteiger partial charge in [-0.25, -0.2) is 0 Å². The predicted molar refractivity (Wildman–Crippen MR) is 64.4 cm³/mol. The zero-order valence-corrected chi connectivity index (χ0v) is 10.4. The molecule has 1 saturated heterocycles. The van der Waals surface area contributed by atoms with Crippen molar-refractivity contribution in [2.75, 3.05) is 13.2 Å². The molecule has 3 N–H and O–H groups in total. The molecule has 2 bridgehead atoms. The molecule has 0 spiro atoms. The Labute approximate surface area is 106 Å². The average Bonchev–Trinajstić information content (AvgIpc) is 2.93. The molecule has 0 aromatic heterocycles. The molecule has 1 heterocycles. The molecular formula is C13H20N2O3. The van der Waals surface area contributed by atoms with Gasteiger partial charge in [0, 0.05) is 6.54 Å². The van der Waals surface area contributed by atoms with Crippen LogP contribution in [-0.2, 0) is 14.3 Å². The van der Waals surface area contributed by atoms with Crippen molar-refractivity contribution in [2.24, 2.45) is 29.4 Å². The Morgan fingerprint density at radius 2 is 1.89 bits per heavy atom. The number of hydrogen-bond donors (Lipinski definition) is 2. The zero-order valence-electron chi connectivity index (χ0n) is 10.4. The number of carbonyl (C=O) groups excluding carboxylic acids is 2. The van der Waals surface area contributed by atoms with Gasteiger partial charge < -0.3 is 15.8 Å². The number of carbonyl (C=O) groups is 2. The van der Waals surface area contributed by atoms with E-state index in [9.17, 15) is 9.59 Å². The number of ether oxygens (including phenoxy) is 1.